The van der Waals surface area contributed by atoms with Crippen LogP contribution in [0, 0.1) is 0 Å². The largest absolute Gasteiger partial charge is 0.418 e. The van der Waals surface area contributed by atoms with E-state index in [4.69, 9.17) is 8.85 Å². The van der Waals surface area contributed by atoms with Crippen LogP contribution in [0.15, 0.2) is 0 Å². The van der Waals surface area contributed by atoms with E-state index < -0.39 is 16.6 Å². The van der Waals surface area contributed by atoms with E-state index in [9.17, 15) is 0 Å². The maximum absolute atomic E-state index is 5.94. The van der Waals surface area contributed by atoms with Gasteiger partial charge >= 0.3 is 0 Å². The molecule has 0 radical (unpaired) electrons. The lowest BCUT2D eigenvalue weighted by atomic mass is 10.0. The predicted molar refractivity (Wildman–Crippen MR) is 206 cm³/mol. The molecule has 0 bridgehead atoms. The second kappa shape index (κ2) is 33.3. The Kier molecular flexibility index (Phi) is 33.5. The van der Waals surface area contributed by atoms with Crippen molar-refractivity contribution in [2.24, 2.45) is 0 Å². The van der Waals surface area contributed by atoms with Gasteiger partial charge in [-0.1, -0.05) is 193 Å². The van der Waals surface area contributed by atoms with Gasteiger partial charge < -0.3 is 8.85 Å². The lowest BCUT2D eigenvalue weighted by Gasteiger charge is -2.16. The third-order valence-corrected chi connectivity index (χ3v) is 11.2. The van der Waals surface area contributed by atoms with Gasteiger partial charge in [0.2, 0.25) is 0 Å². The van der Waals surface area contributed by atoms with Gasteiger partial charge in [-0.2, -0.15) is 0 Å². The summed E-state index contributed by atoms with van der Waals surface area (Å²) in [7, 11) is -2.57. The van der Waals surface area contributed by atoms with E-state index in [2.05, 4.69) is 39.3 Å². The topological polar surface area (TPSA) is 18.5 Å². The van der Waals surface area contributed by atoms with E-state index in [-0.39, 0.29) is 0 Å². The fraction of sp³-hybridized carbons (Fsp3) is 1.00. The lowest BCUT2D eigenvalue weighted by molar-refractivity contribution is 0.298. The summed E-state index contributed by atoms with van der Waals surface area (Å²) in [6, 6.07) is 0. The maximum atomic E-state index is 5.94. The highest BCUT2D eigenvalue weighted by atomic mass is 28.4. The highest BCUT2D eigenvalue weighted by Gasteiger charge is 2.13. The van der Waals surface area contributed by atoms with Gasteiger partial charge in [0.1, 0.15) is 0 Å². The molecule has 0 aliphatic carbocycles. The lowest BCUT2D eigenvalue weighted by Crippen LogP contribution is -2.25. The molecule has 0 atom stereocenters. The van der Waals surface area contributed by atoms with E-state index in [1.165, 1.54) is 205 Å². The molecule has 0 unspecified atom stereocenters. The molecule has 44 heavy (non-hydrogen) atoms. The Balaban J connectivity index is 3.07. The molecular weight excluding hydrogens is 569 g/mol. The van der Waals surface area contributed by atoms with Crippen LogP contribution in [-0.4, -0.2) is 29.8 Å². The van der Waals surface area contributed by atoms with Crippen molar-refractivity contribution in [3.05, 3.63) is 0 Å². The van der Waals surface area contributed by atoms with Crippen molar-refractivity contribution in [1.29, 1.82) is 0 Å². The van der Waals surface area contributed by atoms with Gasteiger partial charge in [-0.15, -0.1) is 0 Å². The zero-order valence-electron chi connectivity index (χ0n) is 31.9. The van der Waals surface area contributed by atoms with Crippen molar-refractivity contribution in [3.8, 4) is 0 Å². The van der Waals surface area contributed by atoms with Gasteiger partial charge in [0.15, 0.2) is 16.6 Å². The van der Waals surface area contributed by atoms with Crippen LogP contribution in [0.2, 0.25) is 39.3 Å². The normalized spacial score (nSPS) is 12.4. The number of rotatable bonds is 37. The summed E-state index contributed by atoms with van der Waals surface area (Å²) in [6.45, 7) is 15.7. The summed E-state index contributed by atoms with van der Waals surface area (Å²) in [4.78, 5) is 0. The van der Waals surface area contributed by atoms with Crippen molar-refractivity contribution in [1.82, 2.24) is 0 Å². The molecule has 0 saturated carbocycles. The van der Waals surface area contributed by atoms with Crippen LogP contribution in [-0.2, 0) is 8.85 Å². The third-order valence-electron chi connectivity index (χ3n) is 9.11. The van der Waals surface area contributed by atoms with Crippen LogP contribution in [0.5, 0.6) is 0 Å². The van der Waals surface area contributed by atoms with Gasteiger partial charge in [-0.05, 0) is 52.1 Å². The minimum atomic E-state index is -1.29. The second-order valence-corrected chi connectivity index (χ2v) is 25.3. The predicted octanol–water partition coefficient (Wildman–Crippen LogP) is 15.2. The van der Waals surface area contributed by atoms with Gasteiger partial charge in [0, 0.05) is 13.2 Å². The first kappa shape index (κ1) is 44.4. The Bertz CT molecular complexity index is 492. The Morgan fingerprint density at radius 1 is 0.205 bits per heavy atom. The first-order chi connectivity index (χ1) is 21.2. The summed E-state index contributed by atoms with van der Waals surface area (Å²) in [5, 5.41) is 0. The molecule has 0 aliphatic rings. The van der Waals surface area contributed by atoms with Crippen molar-refractivity contribution < 1.29 is 8.85 Å². The zero-order valence-corrected chi connectivity index (χ0v) is 33.9. The van der Waals surface area contributed by atoms with Gasteiger partial charge in [0.05, 0.1) is 0 Å². The van der Waals surface area contributed by atoms with Crippen LogP contribution in [0.4, 0.5) is 0 Å². The average molecular weight is 655 g/mol. The summed E-state index contributed by atoms with van der Waals surface area (Å²) < 4.78 is 11.9. The highest BCUT2D eigenvalue weighted by Crippen LogP contribution is 2.17. The van der Waals surface area contributed by atoms with Crippen LogP contribution in [0.25, 0.3) is 0 Å². The van der Waals surface area contributed by atoms with Crippen LogP contribution < -0.4 is 0 Å². The molecule has 2 nitrogen and oxygen atoms in total. The van der Waals surface area contributed by atoms with E-state index >= 15 is 0 Å². The third kappa shape index (κ3) is 42.4. The van der Waals surface area contributed by atoms with Crippen molar-refractivity contribution in [2.45, 2.75) is 245 Å². The molecule has 266 valence electrons. The van der Waals surface area contributed by atoms with Crippen molar-refractivity contribution >= 4 is 16.6 Å². The summed E-state index contributed by atoms with van der Waals surface area (Å²) in [5.41, 5.74) is 0. The minimum Gasteiger partial charge on any atom is -0.418 e. The fourth-order valence-electron chi connectivity index (χ4n) is 6.26. The number of hydrogen-bond donors (Lipinski definition) is 0. The van der Waals surface area contributed by atoms with E-state index in [1.807, 2.05) is 0 Å². The molecular formula is C40H86O2Si2. The van der Waals surface area contributed by atoms with Gasteiger partial charge in [-0.25, -0.2) is 0 Å². The Labute approximate surface area is 282 Å². The van der Waals surface area contributed by atoms with Crippen LogP contribution in [0.3, 0.4) is 0 Å². The Morgan fingerprint density at radius 3 is 0.432 bits per heavy atom. The quantitative estimate of drug-likeness (QED) is 0.0490. The number of unbranched alkanes of at least 4 members (excludes halogenated alkanes) is 31. The Morgan fingerprint density at radius 2 is 0.318 bits per heavy atom. The highest BCUT2D eigenvalue weighted by molar-refractivity contribution is 6.70. The van der Waals surface area contributed by atoms with Crippen molar-refractivity contribution in [3.63, 3.8) is 0 Å². The molecule has 0 rings (SSSR count). The Hall–Kier alpha value is 0.354. The van der Waals surface area contributed by atoms with E-state index in [1.54, 1.807) is 0 Å². The monoisotopic (exact) mass is 655 g/mol. The molecule has 0 aromatic carbocycles. The molecule has 0 spiro atoms. The molecule has 0 heterocycles. The average Bonchev–Trinajstić information content (AvgIpc) is 2.96. The molecule has 0 fully saturated rings. The zero-order chi connectivity index (χ0) is 32.5. The standard InChI is InChI=1S/C40H86O2Si2/c1-43(2,3)41-39-37-35-33-31-29-27-25-23-21-19-17-15-13-11-9-7-8-10-12-14-16-18-20-22-24-26-28-30-32-34-36-38-40-42-44(4,5)6/h7-40H2,1-6H3. The van der Waals surface area contributed by atoms with E-state index in [0.29, 0.717) is 0 Å². The second-order valence-electron chi connectivity index (χ2n) is 16.2. The molecule has 0 aliphatic heterocycles. The van der Waals surface area contributed by atoms with Crippen molar-refractivity contribution in [2.75, 3.05) is 13.2 Å². The van der Waals surface area contributed by atoms with Crippen LogP contribution >= 0.6 is 0 Å². The molecule has 0 saturated heterocycles. The number of hydrogen-bond acceptors (Lipinski definition) is 2. The van der Waals surface area contributed by atoms with Crippen LogP contribution in [0.1, 0.15) is 205 Å². The van der Waals surface area contributed by atoms with E-state index in [0.717, 1.165) is 13.2 Å². The summed E-state index contributed by atoms with van der Waals surface area (Å²) >= 11 is 0. The summed E-state index contributed by atoms with van der Waals surface area (Å²) in [5.74, 6) is 0. The smallest absolute Gasteiger partial charge is 0.183 e. The molecule has 0 N–H and O–H groups in total. The maximum Gasteiger partial charge on any atom is 0.183 e. The first-order valence-electron chi connectivity index (χ1n) is 20.5. The first-order valence-corrected chi connectivity index (χ1v) is 27.3. The van der Waals surface area contributed by atoms with Gasteiger partial charge in [0.25, 0.3) is 0 Å². The van der Waals surface area contributed by atoms with Gasteiger partial charge in [-0.3, -0.25) is 0 Å². The molecule has 0 aromatic rings. The fourth-order valence-corrected chi connectivity index (χ4v) is 7.78. The SMILES string of the molecule is C[Si](C)(C)OCCCCCCCCCCCCCCCCCCCCCCCCCCCCCCCCCCO[Si](C)(C)C. The molecule has 0 aromatic heterocycles. The molecule has 4 heteroatoms. The minimum absolute atomic E-state index is 0.994. The summed E-state index contributed by atoms with van der Waals surface area (Å²) in [6.07, 6.45) is 46.4. The molecule has 0 amide bonds.